The zero-order valence-corrected chi connectivity index (χ0v) is 8.64. The highest BCUT2D eigenvalue weighted by Gasteiger charge is 2.04. The van der Waals surface area contributed by atoms with E-state index >= 15 is 0 Å². The number of hydrogen-bond donors (Lipinski definition) is 1. The van der Waals surface area contributed by atoms with E-state index in [0.717, 1.165) is 12.2 Å². The predicted molar refractivity (Wildman–Crippen MR) is 57.6 cm³/mol. The highest BCUT2D eigenvalue weighted by molar-refractivity contribution is 6.07. The van der Waals surface area contributed by atoms with Crippen LogP contribution in [0.15, 0.2) is 36.4 Å². The summed E-state index contributed by atoms with van der Waals surface area (Å²) in [6.07, 6.45) is 1.76. The van der Waals surface area contributed by atoms with Crippen molar-refractivity contribution in [3.05, 3.63) is 47.5 Å². The van der Waals surface area contributed by atoms with E-state index in [-0.39, 0.29) is 5.78 Å². The minimum Gasteiger partial charge on any atom is -0.478 e. The Hall–Kier alpha value is -2.23. The average Bonchev–Trinajstić information content (AvgIpc) is 2.26. The standard InChI is InChI=1S/C12H10O4/c1-8(13)9-2-4-10(5-3-9)11(14)6-7-12(15)16/h2-7H,1H3,(H,15,16). The van der Waals surface area contributed by atoms with Crippen LogP contribution in [0.25, 0.3) is 0 Å². The van der Waals surface area contributed by atoms with Crippen LogP contribution in [0.2, 0.25) is 0 Å². The minimum atomic E-state index is -1.17. The first-order chi connectivity index (χ1) is 7.50. The molecule has 0 saturated carbocycles. The summed E-state index contributed by atoms with van der Waals surface area (Å²) in [6.45, 7) is 1.43. The second kappa shape index (κ2) is 5.02. The van der Waals surface area contributed by atoms with Gasteiger partial charge in [0.1, 0.15) is 0 Å². The highest BCUT2D eigenvalue weighted by Crippen LogP contribution is 2.06. The molecule has 0 fully saturated rings. The van der Waals surface area contributed by atoms with Gasteiger partial charge in [0.05, 0.1) is 0 Å². The summed E-state index contributed by atoms with van der Waals surface area (Å²) in [4.78, 5) is 32.6. The molecule has 1 aromatic rings. The van der Waals surface area contributed by atoms with Crippen LogP contribution in [0, 0.1) is 0 Å². The van der Waals surface area contributed by atoms with Gasteiger partial charge in [-0.3, -0.25) is 9.59 Å². The number of carbonyl (C=O) groups excluding carboxylic acids is 2. The van der Waals surface area contributed by atoms with Gasteiger partial charge in [-0.25, -0.2) is 4.79 Å². The Labute approximate surface area is 92.2 Å². The lowest BCUT2D eigenvalue weighted by Crippen LogP contribution is -1.98. The summed E-state index contributed by atoms with van der Waals surface area (Å²) in [7, 11) is 0. The van der Waals surface area contributed by atoms with Gasteiger partial charge in [-0.05, 0) is 13.0 Å². The molecule has 16 heavy (non-hydrogen) atoms. The van der Waals surface area contributed by atoms with Gasteiger partial charge >= 0.3 is 5.97 Å². The number of carboxylic acid groups (broad SMARTS) is 1. The first-order valence-electron chi connectivity index (χ1n) is 4.57. The van der Waals surface area contributed by atoms with Gasteiger partial charge in [0.2, 0.25) is 0 Å². The summed E-state index contributed by atoms with van der Waals surface area (Å²) in [5.74, 6) is -1.66. The molecule has 0 radical (unpaired) electrons. The first-order valence-corrected chi connectivity index (χ1v) is 4.57. The first kappa shape index (κ1) is 11.8. The Bertz CT molecular complexity index is 454. The summed E-state index contributed by atoms with van der Waals surface area (Å²) >= 11 is 0. The maximum absolute atomic E-state index is 11.4. The third-order valence-electron chi connectivity index (χ3n) is 1.95. The molecule has 0 aliphatic carbocycles. The second-order valence-corrected chi connectivity index (χ2v) is 3.17. The number of allylic oxidation sites excluding steroid dienone is 1. The van der Waals surface area contributed by atoms with E-state index in [1.54, 1.807) is 0 Å². The molecule has 0 aromatic heterocycles. The van der Waals surface area contributed by atoms with Gasteiger partial charge in [-0.15, -0.1) is 0 Å². The van der Waals surface area contributed by atoms with Crippen molar-refractivity contribution in [2.24, 2.45) is 0 Å². The molecule has 0 aliphatic rings. The van der Waals surface area contributed by atoms with Gasteiger partial charge in [0.15, 0.2) is 11.6 Å². The van der Waals surface area contributed by atoms with E-state index in [9.17, 15) is 14.4 Å². The molecule has 82 valence electrons. The highest BCUT2D eigenvalue weighted by atomic mass is 16.4. The maximum Gasteiger partial charge on any atom is 0.328 e. The Morgan fingerprint density at radius 3 is 1.94 bits per heavy atom. The van der Waals surface area contributed by atoms with Crippen LogP contribution in [0.1, 0.15) is 27.6 Å². The number of carbonyl (C=O) groups is 3. The zero-order valence-electron chi connectivity index (χ0n) is 8.64. The van der Waals surface area contributed by atoms with Crippen molar-refractivity contribution >= 4 is 17.5 Å². The number of hydrogen-bond acceptors (Lipinski definition) is 3. The molecule has 0 heterocycles. The topological polar surface area (TPSA) is 71.4 Å². The molecule has 0 aliphatic heterocycles. The molecule has 4 nitrogen and oxygen atoms in total. The Morgan fingerprint density at radius 1 is 1.00 bits per heavy atom. The van der Waals surface area contributed by atoms with E-state index in [0.29, 0.717) is 11.1 Å². The molecular weight excluding hydrogens is 208 g/mol. The number of rotatable bonds is 4. The molecule has 0 saturated heterocycles. The molecule has 0 spiro atoms. The molecule has 1 rings (SSSR count). The van der Waals surface area contributed by atoms with Crippen molar-refractivity contribution in [2.75, 3.05) is 0 Å². The van der Waals surface area contributed by atoms with Crippen LogP contribution in [0.3, 0.4) is 0 Å². The summed E-state index contributed by atoms with van der Waals surface area (Å²) < 4.78 is 0. The van der Waals surface area contributed by atoms with Crippen LogP contribution in [0.4, 0.5) is 0 Å². The van der Waals surface area contributed by atoms with Crippen molar-refractivity contribution in [1.29, 1.82) is 0 Å². The Kier molecular flexibility index (Phi) is 3.72. The number of carboxylic acids is 1. The number of ketones is 2. The van der Waals surface area contributed by atoms with Gasteiger partial charge in [-0.1, -0.05) is 24.3 Å². The van der Waals surface area contributed by atoms with Gasteiger partial charge in [-0.2, -0.15) is 0 Å². The van der Waals surface area contributed by atoms with Crippen molar-refractivity contribution in [3.63, 3.8) is 0 Å². The molecule has 1 aromatic carbocycles. The number of aliphatic carboxylic acids is 1. The molecule has 0 amide bonds. The lowest BCUT2D eigenvalue weighted by Gasteiger charge is -1.97. The van der Waals surface area contributed by atoms with Crippen LogP contribution in [-0.2, 0) is 4.79 Å². The fourth-order valence-electron chi connectivity index (χ4n) is 1.11. The number of benzene rings is 1. The quantitative estimate of drug-likeness (QED) is 0.616. The molecule has 0 unspecified atom stereocenters. The summed E-state index contributed by atoms with van der Waals surface area (Å²) in [6, 6.07) is 6.05. The summed E-state index contributed by atoms with van der Waals surface area (Å²) in [5.41, 5.74) is 0.862. The van der Waals surface area contributed by atoms with Crippen molar-refractivity contribution in [1.82, 2.24) is 0 Å². The smallest absolute Gasteiger partial charge is 0.328 e. The van der Waals surface area contributed by atoms with Crippen molar-refractivity contribution in [3.8, 4) is 0 Å². The second-order valence-electron chi connectivity index (χ2n) is 3.17. The monoisotopic (exact) mass is 218 g/mol. The molecule has 4 heteroatoms. The van der Waals surface area contributed by atoms with Gasteiger partial charge < -0.3 is 5.11 Å². The normalized spacial score (nSPS) is 10.3. The van der Waals surface area contributed by atoms with E-state index in [2.05, 4.69) is 0 Å². The van der Waals surface area contributed by atoms with Gasteiger partial charge in [0.25, 0.3) is 0 Å². The Morgan fingerprint density at radius 2 is 1.50 bits per heavy atom. The third-order valence-corrected chi connectivity index (χ3v) is 1.95. The van der Waals surface area contributed by atoms with E-state index in [1.165, 1.54) is 31.2 Å². The molecular formula is C12H10O4. The lowest BCUT2D eigenvalue weighted by atomic mass is 10.1. The fourth-order valence-corrected chi connectivity index (χ4v) is 1.11. The van der Waals surface area contributed by atoms with E-state index in [1.807, 2.05) is 0 Å². The van der Waals surface area contributed by atoms with Gasteiger partial charge in [0, 0.05) is 17.2 Å². The van der Waals surface area contributed by atoms with E-state index in [4.69, 9.17) is 5.11 Å². The van der Waals surface area contributed by atoms with Crippen LogP contribution >= 0.6 is 0 Å². The maximum atomic E-state index is 11.4. The third kappa shape index (κ3) is 3.16. The minimum absolute atomic E-state index is 0.0833. The average molecular weight is 218 g/mol. The summed E-state index contributed by atoms with van der Waals surface area (Å²) in [5, 5.41) is 8.34. The SMILES string of the molecule is CC(=O)c1ccc(C(=O)C=CC(=O)O)cc1. The zero-order chi connectivity index (χ0) is 12.1. The lowest BCUT2D eigenvalue weighted by molar-refractivity contribution is -0.131. The molecule has 0 atom stereocenters. The van der Waals surface area contributed by atoms with Crippen LogP contribution in [-0.4, -0.2) is 22.6 Å². The largest absolute Gasteiger partial charge is 0.478 e. The molecule has 0 bridgehead atoms. The fraction of sp³-hybridized carbons (Fsp3) is 0.0833. The van der Waals surface area contributed by atoms with E-state index < -0.39 is 11.8 Å². The molecule has 1 N–H and O–H groups in total. The van der Waals surface area contributed by atoms with Crippen molar-refractivity contribution in [2.45, 2.75) is 6.92 Å². The van der Waals surface area contributed by atoms with Crippen LogP contribution in [0.5, 0.6) is 0 Å². The Balaban J connectivity index is 2.86. The number of Topliss-reactive ketones (excluding diaryl/α,β-unsaturated/α-hetero) is 1. The van der Waals surface area contributed by atoms with Crippen molar-refractivity contribution < 1.29 is 19.5 Å². The van der Waals surface area contributed by atoms with Crippen LogP contribution < -0.4 is 0 Å². The predicted octanol–water partition coefficient (Wildman–Crippen LogP) is 1.71.